The van der Waals surface area contributed by atoms with Crippen molar-refractivity contribution in [3.8, 4) is 0 Å². The first-order valence-electron chi connectivity index (χ1n) is 9.39. The topological polar surface area (TPSA) is 116 Å². The molecular formula is C19H28O10. The van der Waals surface area contributed by atoms with Gasteiger partial charge < -0.3 is 28.4 Å². The Kier molecular flexibility index (Phi) is 8.14. The van der Waals surface area contributed by atoms with Gasteiger partial charge in [0, 0.05) is 27.7 Å². The fourth-order valence-corrected chi connectivity index (χ4v) is 3.13. The monoisotopic (exact) mass is 416 g/mol. The third-order valence-electron chi connectivity index (χ3n) is 4.24. The first-order chi connectivity index (χ1) is 13.6. The van der Waals surface area contributed by atoms with Crippen LogP contribution in [0.1, 0.15) is 40.5 Å². The number of unbranched alkanes of at least 4 members (excludes halogenated alkanes) is 1. The molecular weight excluding hydrogens is 388 g/mol. The van der Waals surface area contributed by atoms with Gasteiger partial charge in [0.15, 0.2) is 24.6 Å². The Morgan fingerprint density at radius 1 is 1.03 bits per heavy atom. The van der Waals surface area contributed by atoms with Crippen molar-refractivity contribution < 1.29 is 47.5 Å². The van der Waals surface area contributed by atoms with Gasteiger partial charge >= 0.3 is 17.9 Å². The summed E-state index contributed by atoms with van der Waals surface area (Å²) in [4.78, 5) is 34.5. The van der Waals surface area contributed by atoms with E-state index in [2.05, 4.69) is 6.58 Å². The molecule has 29 heavy (non-hydrogen) atoms. The lowest BCUT2D eigenvalue weighted by Gasteiger charge is -2.40. The lowest BCUT2D eigenvalue weighted by atomic mass is 9.98. The molecule has 0 aromatic heterocycles. The van der Waals surface area contributed by atoms with Crippen LogP contribution in [0.15, 0.2) is 12.7 Å². The van der Waals surface area contributed by atoms with Gasteiger partial charge in [-0.3, -0.25) is 19.1 Å². The van der Waals surface area contributed by atoms with Crippen molar-refractivity contribution in [3.05, 3.63) is 12.7 Å². The molecule has 6 atom stereocenters. The Balaban J connectivity index is 2.21. The van der Waals surface area contributed by atoms with Crippen LogP contribution < -0.4 is 0 Å². The average molecular weight is 416 g/mol. The van der Waals surface area contributed by atoms with Gasteiger partial charge in [0.1, 0.15) is 12.7 Å². The molecule has 0 aromatic rings. The van der Waals surface area contributed by atoms with E-state index >= 15 is 0 Å². The predicted molar refractivity (Wildman–Crippen MR) is 96.1 cm³/mol. The molecule has 10 nitrogen and oxygen atoms in total. The summed E-state index contributed by atoms with van der Waals surface area (Å²) in [7, 11) is 0. The number of fused-ring (bicyclic) bond motifs is 1. The van der Waals surface area contributed by atoms with Crippen molar-refractivity contribution in [3.63, 3.8) is 0 Å². The summed E-state index contributed by atoms with van der Waals surface area (Å²) in [5.41, 5.74) is 0. The largest absolute Gasteiger partial charge is 0.463 e. The van der Waals surface area contributed by atoms with E-state index in [4.69, 9.17) is 33.2 Å². The molecule has 0 amide bonds. The van der Waals surface area contributed by atoms with E-state index in [1.807, 2.05) is 0 Å². The van der Waals surface area contributed by atoms with Gasteiger partial charge in [-0.05, 0) is 12.8 Å². The Labute approximate surface area is 169 Å². The van der Waals surface area contributed by atoms with E-state index in [9.17, 15) is 14.4 Å². The molecule has 0 saturated carbocycles. The fourth-order valence-electron chi connectivity index (χ4n) is 3.13. The molecule has 2 saturated heterocycles. The average Bonchev–Trinajstić information content (AvgIpc) is 2.95. The second kappa shape index (κ2) is 10.1. The van der Waals surface area contributed by atoms with Crippen molar-refractivity contribution in [2.75, 3.05) is 13.2 Å². The van der Waals surface area contributed by atoms with Crippen LogP contribution in [0, 0.1) is 0 Å². The van der Waals surface area contributed by atoms with Crippen LogP contribution in [0.2, 0.25) is 0 Å². The van der Waals surface area contributed by atoms with Crippen LogP contribution in [-0.2, 0) is 47.5 Å². The number of allylic oxidation sites excluding steroid dienone is 1. The highest BCUT2D eigenvalue weighted by Gasteiger charge is 2.59. The maximum Gasteiger partial charge on any atom is 0.303 e. The van der Waals surface area contributed by atoms with E-state index in [1.165, 1.54) is 20.8 Å². The number of rotatable bonds is 9. The molecule has 0 radical (unpaired) electrons. The van der Waals surface area contributed by atoms with Crippen molar-refractivity contribution in [1.29, 1.82) is 0 Å². The molecule has 2 aliphatic heterocycles. The molecule has 0 N–H and O–H groups in total. The second-order valence-corrected chi connectivity index (χ2v) is 6.84. The Bertz CT molecular complexity index is 620. The molecule has 2 aliphatic rings. The zero-order valence-corrected chi connectivity index (χ0v) is 17.1. The summed E-state index contributed by atoms with van der Waals surface area (Å²) in [5.74, 6) is -3.22. The van der Waals surface area contributed by atoms with Crippen LogP contribution in [-0.4, -0.2) is 67.8 Å². The Morgan fingerprint density at radius 2 is 1.69 bits per heavy atom. The van der Waals surface area contributed by atoms with Crippen molar-refractivity contribution in [2.24, 2.45) is 0 Å². The molecule has 164 valence electrons. The number of hydrogen-bond donors (Lipinski definition) is 0. The van der Waals surface area contributed by atoms with Gasteiger partial charge in [0.25, 0.3) is 5.97 Å². The number of carbonyl (C=O) groups excluding carboxylic acids is 3. The minimum Gasteiger partial charge on any atom is -0.463 e. The molecule has 0 spiro atoms. The van der Waals surface area contributed by atoms with Crippen LogP contribution in [0.3, 0.4) is 0 Å². The summed E-state index contributed by atoms with van der Waals surface area (Å²) in [6.07, 6.45) is -1.71. The molecule has 0 aliphatic carbocycles. The van der Waals surface area contributed by atoms with Crippen LogP contribution >= 0.6 is 0 Å². The van der Waals surface area contributed by atoms with E-state index < -0.39 is 54.6 Å². The number of hydrogen-bond acceptors (Lipinski definition) is 10. The highest BCUT2D eigenvalue weighted by Crippen LogP contribution is 2.39. The van der Waals surface area contributed by atoms with Gasteiger partial charge in [-0.1, -0.05) is 6.08 Å². The molecule has 0 bridgehead atoms. The fraction of sp³-hybridized carbons (Fsp3) is 0.737. The number of carbonyl (C=O) groups is 3. The first-order valence-corrected chi connectivity index (χ1v) is 9.39. The lowest BCUT2D eigenvalue weighted by molar-refractivity contribution is -0.344. The Morgan fingerprint density at radius 3 is 2.28 bits per heavy atom. The third-order valence-corrected chi connectivity index (χ3v) is 4.24. The summed E-state index contributed by atoms with van der Waals surface area (Å²) < 4.78 is 38.8. The standard InChI is InChI=1S/C19H28O10/c1-6-7-8-9-24-19(5)28-17-16(26-13(4)22)15(25-12(3)21)14(10-23-11(2)20)27-18(17)29-19/h6,14-18H,1,7-10H2,2-5H3/t14-,15-,16+,17-,18-,19?/m1/s1. The normalized spacial score (nSPS) is 33.4. The van der Waals surface area contributed by atoms with Gasteiger partial charge in [-0.15, -0.1) is 6.58 Å². The van der Waals surface area contributed by atoms with Crippen molar-refractivity contribution >= 4 is 17.9 Å². The maximum atomic E-state index is 11.7. The molecule has 10 heteroatoms. The first kappa shape index (κ1) is 23.3. The summed E-state index contributed by atoms with van der Waals surface area (Å²) in [6, 6.07) is 0. The van der Waals surface area contributed by atoms with E-state index in [-0.39, 0.29) is 6.61 Å². The quantitative estimate of drug-likeness (QED) is 0.235. The van der Waals surface area contributed by atoms with Crippen LogP contribution in [0.5, 0.6) is 0 Å². The predicted octanol–water partition coefficient (Wildman–Crippen LogP) is 1.21. The van der Waals surface area contributed by atoms with Crippen molar-refractivity contribution in [2.45, 2.75) is 77.2 Å². The molecule has 2 fully saturated rings. The zero-order chi connectivity index (χ0) is 21.6. The SMILES string of the molecule is C=CCCCOC1(C)O[C@H]2O[C@H](COC(C)=O)[C@@H](OC(C)=O)[C@H](OC(C)=O)[C@H]2O1. The molecule has 0 aromatic carbocycles. The maximum absolute atomic E-state index is 11.7. The minimum atomic E-state index is -1.45. The highest BCUT2D eigenvalue weighted by molar-refractivity contribution is 5.67. The summed E-state index contributed by atoms with van der Waals surface area (Å²) in [6.45, 7) is 8.99. The smallest absolute Gasteiger partial charge is 0.303 e. The highest BCUT2D eigenvalue weighted by atomic mass is 16.9. The van der Waals surface area contributed by atoms with E-state index in [1.54, 1.807) is 13.0 Å². The third kappa shape index (κ3) is 6.49. The van der Waals surface area contributed by atoms with Gasteiger partial charge in [0.05, 0.1) is 6.61 Å². The summed E-state index contributed by atoms with van der Waals surface area (Å²) in [5, 5.41) is 0. The Hall–Kier alpha value is -2.01. The lowest BCUT2D eigenvalue weighted by Crippen LogP contribution is -2.60. The van der Waals surface area contributed by atoms with Crippen LogP contribution in [0.25, 0.3) is 0 Å². The number of esters is 3. The zero-order valence-electron chi connectivity index (χ0n) is 17.1. The summed E-state index contributed by atoms with van der Waals surface area (Å²) >= 11 is 0. The molecule has 2 rings (SSSR count). The molecule has 2 heterocycles. The van der Waals surface area contributed by atoms with Gasteiger partial charge in [0.2, 0.25) is 0 Å². The number of ether oxygens (including phenoxy) is 7. The van der Waals surface area contributed by atoms with E-state index in [0.29, 0.717) is 13.0 Å². The van der Waals surface area contributed by atoms with Gasteiger partial charge in [-0.25, -0.2) is 0 Å². The minimum absolute atomic E-state index is 0.228. The van der Waals surface area contributed by atoms with Gasteiger partial charge in [-0.2, -0.15) is 0 Å². The van der Waals surface area contributed by atoms with Crippen LogP contribution in [0.4, 0.5) is 0 Å². The van der Waals surface area contributed by atoms with Crippen molar-refractivity contribution in [1.82, 2.24) is 0 Å². The second-order valence-electron chi connectivity index (χ2n) is 6.84. The molecule has 1 unspecified atom stereocenters. The van der Waals surface area contributed by atoms with E-state index in [0.717, 1.165) is 6.42 Å².